The van der Waals surface area contributed by atoms with E-state index < -0.39 is 5.60 Å². The maximum Gasteiger partial charge on any atom is 0.258 e. The number of rotatable bonds is 3. The molecule has 16 heavy (non-hydrogen) atoms. The molecule has 0 heterocycles. The van der Waals surface area contributed by atoms with Gasteiger partial charge in [0.05, 0.1) is 0 Å². The highest BCUT2D eigenvalue weighted by molar-refractivity contribution is 5.98. The highest BCUT2D eigenvalue weighted by Gasteiger charge is 2.30. The summed E-state index contributed by atoms with van der Waals surface area (Å²) in [5, 5.41) is 0. The molecule has 0 aromatic heterocycles. The molecule has 1 rings (SSSR count). The van der Waals surface area contributed by atoms with Gasteiger partial charge in [0, 0.05) is 25.5 Å². The molecular formula is C12H18N2O2. The normalized spacial score (nSPS) is 11.2. The van der Waals surface area contributed by atoms with E-state index in [1.165, 1.54) is 7.11 Å². The summed E-state index contributed by atoms with van der Waals surface area (Å²) in [4.78, 5) is 13.6. The fraction of sp³-hybridized carbons (Fsp3) is 0.417. The second kappa shape index (κ2) is 4.53. The van der Waals surface area contributed by atoms with Crippen molar-refractivity contribution in [3.63, 3.8) is 0 Å². The Hall–Kier alpha value is -1.55. The van der Waals surface area contributed by atoms with Crippen LogP contribution >= 0.6 is 0 Å². The van der Waals surface area contributed by atoms with E-state index in [0.717, 1.165) is 5.69 Å². The zero-order chi connectivity index (χ0) is 12.3. The molecule has 1 aromatic carbocycles. The van der Waals surface area contributed by atoms with Gasteiger partial charge < -0.3 is 15.4 Å². The molecule has 0 bridgehead atoms. The van der Waals surface area contributed by atoms with Crippen LogP contribution in [0, 0.1) is 0 Å². The van der Waals surface area contributed by atoms with Crippen molar-refractivity contribution < 1.29 is 9.53 Å². The summed E-state index contributed by atoms with van der Waals surface area (Å²) >= 11 is 0. The van der Waals surface area contributed by atoms with E-state index in [9.17, 15) is 4.79 Å². The first-order chi connectivity index (χ1) is 7.38. The van der Waals surface area contributed by atoms with Crippen molar-refractivity contribution in [2.45, 2.75) is 19.4 Å². The number of nitrogens with zero attached hydrogens (tertiary/aromatic N) is 1. The monoisotopic (exact) mass is 222 g/mol. The number of methoxy groups -OCH3 is 1. The molecule has 0 atom stereocenters. The molecule has 4 nitrogen and oxygen atoms in total. The highest BCUT2D eigenvalue weighted by atomic mass is 16.5. The first kappa shape index (κ1) is 12.5. The van der Waals surface area contributed by atoms with E-state index in [1.807, 2.05) is 0 Å². The maximum atomic E-state index is 12.1. The molecule has 4 heteroatoms. The SMILES string of the molecule is COC(C)(C)C(=O)N(C)c1ccc(N)cc1. The molecule has 0 saturated heterocycles. The largest absolute Gasteiger partial charge is 0.399 e. The summed E-state index contributed by atoms with van der Waals surface area (Å²) < 4.78 is 5.15. The maximum absolute atomic E-state index is 12.1. The van der Waals surface area contributed by atoms with E-state index in [0.29, 0.717) is 5.69 Å². The van der Waals surface area contributed by atoms with Crippen LogP contribution in [-0.2, 0) is 9.53 Å². The lowest BCUT2D eigenvalue weighted by molar-refractivity contribution is -0.136. The Kier molecular flexibility index (Phi) is 3.55. The highest BCUT2D eigenvalue weighted by Crippen LogP contribution is 2.19. The third kappa shape index (κ3) is 2.52. The molecule has 1 aromatic rings. The Bertz CT molecular complexity index is 371. The number of anilines is 2. The van der Waals surface area contributed by atoms with Crippen molar-refractivity contribution in [3.05, 3.63) is 24.3 Å². The summed E-state index contributed by atoms with van der Waals surface area (Å²) in [6.07, 6.45) is 0. The van der Waals surface area contributed by atoms with Gasteiger partial charge in [-0.25, -0.2) is 0 Å². The fourth-order valence-corrected chi connectivity index (χ4v) is 1.31. The Morgan fingerprint density at radius 1 is 1.31 bits per heavy atom. The Balaban J connectivity index is 2.90. The molecule has 0 radical (unpaired) electrons. The van der Waals surface area contributed by atoms with Gasteiger partial charge in [-0.05, 0) is 38.1 Å². The number of ether oxygens (including phenoxy) is 1. The van der Waals surface area contributed by atoms with Crippen molar-refractivity contribution in [1.29, 1.82) is 0 Å². The van der Waals surface area contributed by atoms with Crippen LogP contribution < -0.4 is 10.6 Å². The van der Waals surface area contributed by atoms with Gasteiger partial charge in [0.2, 0.25) is 0 Å². The zero-order valence-corrected chi connectivity index (χ0v) is 10.2. The minimum absolute atomic E-state index is 0.0974. The summed E-state index contributed by atoms with van der Waals surface area (Å²) in [5.74, 6) is -0.0974. The van der Waals surface area contributed by atoms with Crippen LogP contribution in [0.2, 0.25) is 0 Å². The number of carbonyl (C=O) groups excluding carboxylic acids is 1. The van der Waals surface area contributed by atoms with Crippen LogP contribution in [0.1, 0.15) is 13.8 Å². The van der Waals surface area contributed by atoms with Gasteiger partial charge in [-0.3, -0.25) is 4.79 Å². The third-order valence-electron chi connectivity index (χ3n) is 2.61. The lowest BCUT2D eigenvalue weighted by Crippen LogP contribution is -2.44. The molecule has 0 fully saturated rings. The van der Waals surface area contributed by atoms with Crippen LogP contribution in [0.5, 0.6) is 0 Å². The quantitative estimate of drug-likeness (QED) is 0.791. The Labute approximate surface area is 96.0 Å². The standard InChI is InChI=1S/C12H18N2O2/c1-12(2,16-4)11(15)14(3)10-7-5-9(13)6-8-10/h5-8H,13H2,1-4H3. The summed E-state index contributed by atoms with van der Waals surface area (Å²) in [5.41, 5.74) is 6.24. The number of hydrogen-bond acceptors (Lipinski definition) is 3. The molecule has 2 N–H and O–H groups in total. The molecule has 0 aliphatic carbocycles. The van der Waals surface area contributed by atoms with Gasteiger partial charge >= 0.3 is 0 Å². The van der Waals surface area contributed by atoms with E-state index in [-0.39, 0.29) is 5.91 Å². The van der Waals surface area contributed by atoms with Gasteiger partial charge in [-0.1, -0.05) is 0 Å². The molecule has 0 aliphatic heterocycles. The topological polar surface area (TPSA) is 55.6 Å². The van der Waals surface area contributed by atoms with E-state index in [2.05, 4.69) is 0 Å². The average Bonchev–Trinajstić information content (AvgIpc) is 2.28. The van der Waals surface area contributed by atoms with Crippen molar-refractivity contribution >= 4 is 17.3 Å². The first-order valence-corrected chi connectivity index (χ1v) is 5.07. The number of carbonyl (C=O) groups is 1. The second-order valence-corrected chi connectivity index (χ2v) is 4.17. The lowest BCUT2D eigenvalue weighted by Gasteiger charge is -2.28. The summed E-state index contributed by atoms with van der Waals surface area (Å²) in [6, 6.07) is 7.13. The molecular weight excluding hydrogens is 204 g/mol. The van der Waals surface area contributed by atoms with Crippen molar-refractivity contribution in [1.82, 2.24) is 0 Å². The van der Waals surface area contributed by atoms with Gasteiger partial charge in [0.1, 0.15) is 5.60 Å². The van der Waals surface area contributed by atoms with Gasteiger partial charge in [-0.2, -0.15) is 0 Å². The number of benzene rings is 1. The average molecular weight is 222 g/mol. The zero-order valence-electron chi connectivity index (χ0n) is 10.2. The first-order valence-electron chi connectivity index (χ1n) is 5.07. The van der Waals surface area contributed by atoms with E-state index in [1.54, 1.807) is 50.1 Å². The number of nitrogens with two attached hydrogens (primary N) is 1. The second-order valence-electron chi connectivity index (χ2n) is 4.17. The summed E-state index contributed by atoms with van der Waals surface area (Å²) in [7, 11) is 3.24. The fourth-order valence-electron chi connectivity index (χ4n) is 1.31. The van der Waals surface area contributed by atoms with Gasteiger partial charge in [0.25, 0.3) is 5.91 Å². The minimum Gasteiger partial charge on any atom is -0.399 e. The number of nitrogen functional groups attached to an aromatic ring is 1. The minimum atomic E-state index is -0.823. The van der Waals surface area contributed by atoms with E-state index >= 15 is 0 Å². The van der Waals surface area contributed by atoms with Crippen LogP contribution in [0.4, 0.5) is 11.4 Å². The van der Waals surface area contributed by atoms with E-state index in [4.69, 9.17) is 10.5 Å². The molecule has 0 spiro atoms. The summed E-state index contributed by atoms with van der Waals surface area (Å²) in [6.45, 7) is 3.48. The molecule has 88 valence electrons. The van der Waals surface area contributed by atoms with Gasteiger partial charge in [0.15, 0.2) is 0 Å². The van der Waals surface area contributed by atoms with Crippen LogP contribution in [0.3, 0.4) is 0 Å². The number of likely N-dealkylation sites (N-methyl/N-ethyl adjacent to an activating group) is 1. The molecule has 0 saturated carbocycles. The number of amides is 1. The lowest BCUT2D eigenvalue weighted by atomic mass is 10.1. The predicted octanol–water partition coefficient (Wildman–Crippen LogP) is 1.66. The van der Waals surface area contributed by atoms with Crippen molar-refractivity contribution in [3.8, 4) is 0 Å². The molecule has 0 aliphatic rings. The molecule has 0 unspecified atom stereocenters. The van der Waals surface area contributed by atoms with Crippen LogP contribution in [-0.4, -0.2) is 25.7 Å². The van der Waals surface area contributed by atoms with Gasteiger partial charge in [-0.15, -0.1) is 0 Å². The predicted molar refractivity (Wildman–Crippen MR) is 65.4 cm³/mol. The number of hydrogen-bond donors (Lipinski definition) is 1. The van der Waals surface area contributed by atoms with Crippen molar-refractivity contribution in [2.75, 3.05) is 24.8 Å². The Morgan fingerprint density at radius 2 is 1.81 bits per heavy atom. The van der Waals surface area contributed by atoms with Crippen molar-refractivity contribution in [2.24, 2.45) is 0 Å². The van der Waals surface area contributed by atoms with Crippen LogP contribution in [0.15, 0.2) is 24.3 Å². The smallest absolute Gasteiger partial charge is 0.258 e. The third-order valence-corrected chi connectivity index (χ3v) is 2.61. The Morgan fingerprint density at radius 3 is 2.25 bits per heavy atom. The molecule has 1 amide bonds. The van der Waals surface area contributed by atoms with Crippen LogP contribution in [0.25, 0.3) is 0 Å².